The molecule has 49 heavy (non-hydrogen) atoms. The van der Waals surface area contributed by atoms with Gasteiger partial charge in [0.05, 0.1) is 30.3 Å². The van der Waals surface area contributed by atoms with Crippen molar-refractivity contribution >= 4 is 28.9 Å². The highest BCUT2D eigenvalue weighted by atomic mass is 16.6. The van der Waals surface area contributed by atoms with Crippen LogP contribution in [0.4, 0.5) is 4.79 Å². The number of benzene rings is 3. The van der Waals surface area contributed by atoms with Gasteiger partial charge in [-0.1, -0.05) is 55.7 Å². The van der Waals surface area contributed by atoms with Crippen molar-refractivity contribution in [3.63, 3.8) is 0 Å². The number of imide groups is 1. The number of carbonyl (C=O) groups is 3. The number of esters is 1. The first-order chi connectivity index (χ1) is 23.6. The molecule has 1 aliphatic carbocycles. The van der Waals surface area contributed by atoms with Crippen LogP contribution in [0, 0.1) is 5.92 Å². The molecular weight excluding hydrogens is 616 g/mol. The summed E-state index contributed by atoms with van der Waals surface area (Å²) in [6.45, 7) is 6.15. The number of aromatic nitrogens is 1. The van der Waals surface area contributed by atoms with Crippen LogP contribution in [0.1, 0.15) is 92.3 Å². The molecule has 1 saturated carbocycles. The molecule has 2 aliphatic heterocycles. The van der Waals surface area contributed by atoms with Gasteiger partial charge in [-0.2, -0.15) is 0 Å². The summed E-state index contributed by atoms with van der Waals surface area (Å²) < 4.78 is 19.2. The molecule has 256 valence electrons. The number of rotatable bonds is 7. The third-order valence-corrected chi connectivity index (χ3v) is 10.3. The second-order valence-electron chi connectivity index (χ2n) is 14.8. The molecule has 7 rings (SSSR count). The van der Waals surface area contributed by atoms with E-state index in [0.717, 1.165) is 58.3 Å². The normalized spacial score (nSPS) is 19.6. The Hall–Kier alpha value is -4.59. The zero-order valence-electron chi connectivity index (χ0n) is 29.0. The summed E-state index contributed by atoms with van der Waals surface area (Å²) in [4.78, 5) is 42.6. The van der Waals surface area contributed by atoms with Crippen molar-refractivity contribution in [1.29, 1.82) is 0 Å². The topological polar surface area (TPSA) is 87.1 Å². The van der Waals surface area contributed by atoms with E-state index in [4.69, 9.17) is 14.2 Å². The molecule has 4 aromatic rings. The molecule has 8 heteroatoms. The second kappa shape index (κ2) is 13.4. The largest absolute Gasteiger partial charge is 0.497 e. The summed E-state index contributed by atoms with van der Waals surface area (Å²) in [5.41, 5.74) is 6.37. The quantitative estimate of drug-likeness (QED) is 0.185. The van der Waals surface area contributed by atoms with Crippen LogP contribution in [0.5, 0.6) is 5.75 Å². The van der Waals surface area contributed by atoms with Gasteiger partial charge in [0, 0.05) is 23.0 Å². The van der Waals surface area contributed by atoms with Crippen molar-refractivity contribution in [2.24, 2.45) is 5.92 Å². The summed E-state index contributed by atoms with van der Waals surface area (Å²) in [5.74, 6) is -0.0691. The predicted molar refractivity (Wildman–Crippen MR) is 189 cm³/mol. The number of amides is 2. The van der Waals surface area contributed by atoms with Gasteiger partial charge in [-0.15, -0.1) is 0 Å². The Morgan fingerprint density at radius 1 is 0.959 bits per heavy atom. The lowest BCUT2D eigenvalue weighted by Gasteiger charge is -2.25. The lowest BCUT2D eigenvalue weighted by molar-refractivity contribution is -0.133. The van der Waals surface area contributed by atoms with Gasteiger partial charge in [-0.3, -0.25) is 4.79 Å². The van der Waals surface area contributed by atoms with E-state index in [1.807, 2.05) is 63.2 Å². The molecule has 1 aromatic heterocycles. The van der Waals surface area contributed by atoms with E-state index in [9.17, 15) is 14.4 Å². The molecule has 0 N–H and O–H groups in total. The third-order valence-electron chi connectivity index (χ3n) is 10.3. The highest BCUT2D eigenvalue weighted by molar-refractivity contribution is 6.00. The molecule has 3 aliphatic rings. The monoisotopic (exact) mass is 662 g/mol. The Kier molecular flexibility index (Phi) is 8.99. The van der Waals surface area contributed by atoms with Gasteiger partial charge in [0.2, 0.25) is 5.91 Å². The fourth-order valence-electron chi connectivity index (χ4n) is 8.06. The molecule has 0 spiro atoms. The van der Waals surface area contributed by atoms with E-state index in [1.54, 1.807) is 7.11 Å². The molecular formula is C41H46N2O6. The second-order valence-corrected chi connectivity index (χ2v) is 14.8. The molecule has 2 unspecified atom stereocenters. The highest BCUT2D eigenvalue weighted by Gasteiger charge is 2.42. The van der Waals surface area contributed by atoms with Crippen molar-refractivity contribution in [3.8, 4) is 17.0 Å². The van der Waals surface area contributed by atoms with Crippen molar-refractivity contribution in [2.45, 2.75) is 96.2 Å². The Labute approximate surface area is 288 Å². The Morgan fingerprint density at radius 3 is 2.47 bits per heavy atom. The summed E-state index contributed by atoms with van der Waals surface area (Å²) in [5, 5.41) is 1.10. The maximum absolute atomic E-state index is 14.6. The fourth-order valence-corrected chi connectivity index (χ4v) is 8.06. The van der Waals surface area contributed by atoms with E-state index < -0.39 is 17.6 Å². The minimum atomic E-state index is -0.633. The minimum Gasteiger partial charge on any atom is -0.497 e. The van der Waals surface area contributed by atoms with Crippen LogP contribution in [-0.2, 0) is 33.7 Å². The van der Waals surface area contributed by atoms with Crippen LogP contribution in [0.3, 0.4) is 0 Å². The number of cyclic esters (lactones) is 1. The minimum absolute atomic E-state index is 0.192. The smallest absolute Gasteiger partial charge is 0.416 e. The lowest BCUT2D eigenvalue weighted by Crippen LogP contribution is -2.44. The summed E-state index contributed by atoms with van der Waals surface area (Å²) in [6, 6.07) is 21.8. The van der Waals surface area contributed by atoms with Crippen molar-refractivity contribution in [1.82, 2.24) is 9.47 Å². The van der Waals surface area contributed by atoms with Gasteiger partial charge < -0.3 is 18.8 Å². The van der Waals surface area contributed by atoms with Crippen LogP contribution in [0.15, 0.2) is 66.7 Å². The van der Waals surface area contributed by atoms with Crippen molar-refractivity contribution in [3.05, 3.63) is 89.0 Å². The number of carbonyl (C=O) groups excluding carboxylic acids is 3. The third kappa shape index (κ3) is 6.57. The van der Waals surface area contributed by atoms with Crippen LogP contribution < -0.4 is 4.74 Å². The molecule has 8 nitrogen and oxygen atoms in total. The zero-order valence-corrected chi connectivity index (χ0v) is 29.0. The van der Waals surface area contributed by atoms with Crippen LogP contribution >= 0.6 is 0 Å². The Bertz CT molecular complexity index is 1880. The van der Waals surface area contributed by atoms with E-state index >= 15 is 0 Å². The van der Waals surface area contributed by atoms with E-state index in [-0.39, 0.29) is 24.5 Å². The number of hydrogen-bond acceptors (Lipinski definition) is 6. The number of ether oxygens (including phenoxy) is 3. The number of fused-ring (bicyclic) bond motifs is 5. The predicted octanol–water partition coefficient (Wildman–Crippen LogP) is 8.47. The van der Waals surface area contributed by atoms with Crippen LogP contribution in [0.25, 0.3) is 22.2 Å². The summed E-state index contributed by atoms with van der Waals surface area (Å²) >= 11 is 0. The summed E-state index contributed by atoms with van der Waals surface area (Å²) in [6.07, 6.45) is 6.99. The summed E-state index contributed by atoms with van der Waals surface area (Å²) in [7, 11) is 1.65. The standard InChI is InChI=1S/C41H46N2O6/c1-41(2,3)49-39(45)28-16-19-34-35(23-28)42-24-30(38(44)43-31(25-48-40(43)46)17-15-26-11-7-5-8-12-26)21-29-22-32(47-4)18-20-33(29)37(42)36(34)27-13-9-6-10-14-27/h5,7-8,11-12,16,18-20,22-23,27,30-31H,6,9-10,13-15,17,21,24-25H2,1-4H3. The lowest BCUT2D eigenvalue weighted by atomic mass is 9.81. The van der Waals surface area contributed by atoms with Gasteiger partial charge >= 0.3 is 12.1 Å². The molecule has 0 bridgehead atoms. The van der Waals surface area contributed by atoms with Gasteiger partial charge in [-0.25, -0.2) is 14.5 Å². The van der Waals surface area contributed by atoms with E-state index in [0.29, 0.717) is 30.9 Å². The van der Waals surface area contributed by atoms with Gasteiger partial charge in [0.15, 0.2) is 0 Å². The van der Waals surface area contributed by atoms with Crippen LogP contribution in [0.2, 0.25) is 0 Å². The van der Waals surface area contributed by atoms with E-state index in [1.165, 1.54) is 29.7 Å². The molecule has 2 atom stereocenters. The average molecular weight is 663 g/mol. The molecule has 3 heterocycles. The SMILES string of the molecule is COc1ccc2c(c1)CC(C(=O)N1C(=O)OCC1CCc1ccccc1)Cn1c-2c(C2CCCCC2)c2ccc(C(=O)OC(C)(C)C)cc21. The zero-order chi connectivity index (χ0) is 34.3. The van der Waals surface area contributed by atoms with Gasteiger partial charge in [0.25, 0.3) is 0 Å². The van der Waals surface area contributed by atoms with Crippen LogP contribution in [-0.4, -0.2) is 52.8 Å². The first kappa shape index (κ1) is 32.9. The van der Waals surface area contributed by atoms with Crippen molar-refractivity contribution in [2.75, 3.05) is 13.7 Å². The van der Waals surface area contributed by atoms with Gasteiger partial charge in [-0.05, 0) is 106 Å². The molecule has 2 fully saturated rings. The molecule has 1 saturated heterocycles. The van der Waals surface area contributed by atoms with E-state index in [2.05, 4.69) is 28.8 Å². The first-order valence-electron chi connectivity index (χ1n) is 17.7. The number of methoxy groups -OCH3 is 1. The number of aryl methyl sites for hydroxylation is 1. The number of hydrogen-bond donors (Lipinski definition) is 0. The maximum Gasteiger partial charge on any atom is 0.416 e. The average Bonchev–Trinajstić information content (AvgIpc) is 3.57. The van der Waals surface area contributed by atoms with Crippen molar-refractivity contribution < 1.29 is 28.6 Å². The Morgan fingerprint density at radius 2 is 1.73 bits per heavy atom. The fraction of sp³-hybridized carbons (Fsp3) is 0.439. The highest BCUT2D eigenvalue weighted by Crippen LogP contribution is 2.47. The molecule has 3 aromatic carbocycles. The molecule has 2 amide bonds. The number of nitrogens with zero attached hydrogens (tertiary/aromatic N) is 2. The first-order valence-corrected chi connectivity index (χ1v) is 17.7. The Balaban J connectivity index is 1.34. The van der Waals surface area contributed by atoms with Gasteiger partial charge in [0.1, 0.15) is 18.0 Å². The molecule has 0 radical (unpaired) electrons. The maximum atomic E-state index is 14.6.